The molecule has 0 atom stereocenters. The van der Waals surface area contributed by atoms with Gasteiger partial charge in [-0.2, -0.15) is 0 Å². The summed E-state index contributed by atoms with van der Waals surface area (Å²) in [5.41, 5.74) is 0.601. The number of hydrogen-bond donors (Lipinski definition) is 0. The number of piperazine rings is 2. The molecule has 7 rings (SSSR count). The van der Waals surface area contributed by atoms with Crippen LogP contribution in [0, 0.1) is 11.2 Å². The van der Waals surface area contributed by atoms with Crippen molar-refractivity contribution in [2.75, 3.05) is 81.8 Å². The minimum atomic E-state index is -0.308. The Balaban J connectivity index is 0.000000181. The van der Waals surface area contributed by atoms with E-state index in [0.717, 1.165) is 109 Å². The van der Waals surface area contributed by atoms with E-state index in [9.17, 15) is 18.8 Å². The fourth-order valence-electron chi connectivity index (χ4n) is 7.98. The first-order chi connectivity index (χ1) is 25.4. The molecule has 0 bridgehead atoms. The Kier molecular flexibility index (Phi) is 13.3. The Hall–Kier alpha value is -4.29. The van der Waals surface area contributed by atoms with Crippen molar-refractivity contribution >= 4 is 29.4 Å². The number of rotatable bonds is 12. The predicted molar refractivity (Wildman–Crippen MR) is 200 cm³/mol. The molecule has 1 aromatic carbocycles. The smallest absolute Gasteiger partial charge is 0.229 e. The van der Waals surface area contributed by atoms with Gasteiger partial charge in [-0.15, -0.1) is 0 Å². The molecule has 3 aliphatic heterocycles. The van der Waals surface area contributed by atoms with Gasteiger partial charge in [-0.05, 0) is 93.1 Å². The van der Waals surface area contributed by atoms with E-state index < -0.39 is 0 Å². The van der Waals surface area contributed by atoms with E-state index in [1.807, 2.05) is 30.5 Å². The number of unbranched alkanes of at least 4 members (excludes halogenated alkanes) is 1. The van der Waals surface area contributed by atoms with Gasteiger partial charge in [0.1, 0.15) is 11.6 Å². The molecule has 4 aliphatic rings. The first-order valence-corrected chi connectivity index (χ1v) is 19.1. The SMILES string of the molecule is O=C(CCCN1CCN(c2ccccn2)CC1)c1ccc(F)cc1.O=C1CC2(CCCC2)CC(=O)N1CCCCN1CCN(c2ncccn2)CC1. The van der Waals surface area contributed by atoms with Gasteiger partial charge in [0.2, 0.25) is 17.8 Å². The van der Waals surface area contributed by atoms with E-state index in [1.54, 1.807) is 24.5 Å². The zero-order valence-corrected chi connectivity index (χ0v) is 30.4. The fraction of sp³-hybridized carbons (Fsp3) is 0.550. The zero-order chi connectivity index (χ0) is 36.2. The van der Waals surface area contributed by atoms with E-state index in [4.69, 9.17) is 0 Å². The lowest BCUT2D eigenvalue weighted by atomic mass is 9.76. The summed E-state index contributed by atoms with van der Waals surface area (Å²) in [6.45, 7) is 10.3. The van der Waals surface area contributed by atoms with Crippen LogP contribution in [-0.4, -0.2) is 119 Å². The molecule has 12 heteroatoms. The standard InChI is InChI=1S/C21H31N5O2.C19H22FN3O/c27-18-16-21(6-1-2-7-21)17-19(28)26(18)11-4-3-10-24-12-14-25(15-13-24)20-22-8-5-9-23-20;20-17-8-6-16(7-9-17)18(24)4-3-11-22-12-14-23(15-13-22)19-5-1-2-10-21-19/h5,8-9H,1-4,6-7,10-17H2;1-2,5-10H,3-4,11-15H2. The number of likely N-dealkylation sites (tertiary alicyclic amines) is 1. The normalized spacial score (nSPS) is 19.5. The molecular formula is C40H53FN8O3. The summed E-state index contributed by atoms with van der Waals surface area (Å²) in [6.07, 6.45) is 14.3. The summed E-state index contributed by atoms with van der Waals surface area (Å²) in [7, 11) is 0. The third-order valence-electron chi connectivity index (χ3n) is 11.0. The van der Waals surface area contributed by atoms with Gasteiger partial charge in [0.25, 0.3) is 0 Å². The number of Topliss-reactive ketones (excluding diaryl/α,β-unsaturated/α-hetero) is 1. The maximum atomic E-state index is 12.9. The zero-order valence-electron chi connectivity index (χ0n) is 30.4. The van der Waals surface area contributed by atoms with Gasteiger partial charge in [0, 0.05) is 102 Å². The van der Waals surface area contributed by atoms with Crippen LogP contribution >= 0.6 is 0 Å². The number of ketones is 1. The number of hydrogen-bond acceptors (Lipinski definition) is 10. The number of amides is 2. The molecule has 278 valence electrons. The van der Waals surface area contributed by atoms with Crippen LogP contribution in [0.2, 0.25) is 0 Å². The number of pyridine rings is 1. The second-order valence-corrected chi connectivity index (χ2v) is 14.6. The van der Waals surface area contributed by atoms with E-state index in [-0.39, 0.29) is 28.8 Å². The third-order valence-corrected chi connectivity index (χ3v) is 11.0. The van der Waals surface area contributed by atoms with Crippen LogP contribution in [0.4, 0.5) is 16.2 Å². The quantitative estimate of drug-likeness (QED) is 0.143. The largest absolute Gasteiger partial charge is 0.354 e. The Bertz CT molecular complexity index is 1550. The molecule has 52 heavy (non-hydrogen) atoms. The predicted octanol–water partition coefficient (Wildman–Crippen LogP) is 5.09. The highest BCUT2D eigenvalue weighted by atomic mass is 19.1. The monoisotopic (exact) mass is 712 g/mol. The lowest BCUT2D eigenvalue weighted by molar-refractivity contribution is -0.153. The van der Waals surface area contributed by atoms with Crippen LogP contribution < -0.4 is 9.80 Å². The van der Waals surface area contributed by atoms with Crippen molar-refractivity contribution in [3.05, 3.63) is 78.5 Å². The first-order valence-electron chi connectivity index (χ1n) is 19.1. The molecule has 4 fully saturated rings. The number of anilines is 2. The van der Waals surface area contributed by atoms with Crippen LogP contribution in [-0.2, 0) is 9.59 Å². The van der Waals surface area contributed by atoms with Crippen LogP contribution in [0.1, 0.15) is 74.6 Å². The van der Waals surface area contributed by atoms with Crippen molar-refractivity contribution in [2.24, 2.45) is 5.41 Å². The van der Waals surface area contributed by atoms with E-state index in [0.29, 0.717) is 31.4 Å². The lowest BCUT2D eigenvalue weighted by Crippen LogP contribution is -2.48. The van der Waals surface area contributed by atoms with Gasteiger partial charge < -0.3 is 9.80 Å². The highest BCUT2D eigenvalue weighted by Gasteiger charge is 2.44. The Morgan fingerprint density at radius 2 is 1.23 bits per heavy atom. The second-order valence-electron chi connectivity index (χ2n) is 14.6. The van der Waals surface area contributed by atoms with Crippen LogP contribution in [0.25, 0.3) is 0 Å². The van der Waals surface area contributed by atoms with Gasteiger partial charge in [0.15, 0.2) is 5.78 Å². The maximum absolute atomic E-state index is 12.9. The van der Waals surface area contributed by atoms with Crippen LogP contribution in [0.5, 0.6) is 0 Å². The van der Waals surface area contributed by atoms with Crippen LogP contribution in [0.3, 0.4) is 0 Å². The number of carbonyl (C=O) groups is 3. The number of carbonyl (C=O) groups excluding carboxylic acids is 3. The van der Waals surface area contributed by atoms with Crippen molar-refractivity contribution in [2.45, 2.75) is 64.2 Å². The van der Waals surface area contributed by atoms with Gasteiger partial charge in [-0.1, -0.05) is 18.9 Å². The van der Waals surface area contributed by atoms with Crippen molar-refractivity contribution in [1.82, 2.24) is 29.7 Å². The fourth-order valence-corrected chi connectivity index (χ4v) is 7.98. The lowest BCUT2D eigenvalue weighted by Gasteiger charge is -2.37. The summed E-state index contributed by atoms with van der Waals surface area (Å²) in [5.74, 6) is 1.75. The van der Waals surface area contributed by atoms with Crippen molar-refractivity contribution in [1.29, 1.82) is 0 Å². The number of halogens is 1. The average molecular weight is 713 g/mol. The molecule has 5 heterocycles. The van der Waals surface area contributed by atoms with Crippen molar-refractivity contribution < 1.29 is 18.8 Å². The van der Waals surface area contributed by atoms with E-state index in [1.165, 1.54) is 29.9 Å². The summed E-state index contributed by atoms with van der Waals surface area (Å²) in [5, 5.41) is 0. The Morgan fingerprint density at radius 1 is 0.654 bits per heavy atom. The number of piperidine rings is 1. The van der Waals surface area contributed by atoms with E-state index in [2.05, 4.69) is 34.6 Å². The molecule has 11 nitrogen and oxygen atoms in total. The van der Waals surface area contributed by atoms with Gasteiger partial charge in [-0.3, -0.25) is 29.1 Å². The average Bonchev–Trinajstić information content (AvgIpc) is 3.62. The topological polar surface area (TPSA) is 106 Å². The Morgan fingerprint density at radius 3 is 1.85 bits per heavy atom. The number of nitrogens with zero attached hydrogens (tertiary/aromatic N) is 8. The summed E-state index contributed by atoms with van der Waals surface area (Å²) >= 11 is 0. The molecular weight excluding hydrogens is 659 g/mol. The molecule has 2 amide bonds. The highest BCUT2D eigenvalue weighted by Crippen LogP contribution is 2.46. The molecule has 3 saturated heterocycles. The molecule has 1 aliphatic carbocycles. The second kappa shape index (κ2) is 18.5. The molecule has 0 unspecified atom stereocenters. The Labute approximate surface area is 307 Å². The molecule has 0 N–H and O–H groups in total. The highest BCUT2D eigenvalue weighted by molar-refractivity contribution is 5.98. The van der Waals surface area contributed by atoms with Gasteiger partial charge in [-0.25, -0.2) is 19.3 Å². The van der Waals surface area contributed by atoms with Crippen LogP contribution in [0.15, 0.2) is 67.1 Å². The minimum Gasteiger partial charge on any atom is -0.354 e. The van der Waals surface area contributed by atoms with Gasteiger partial charge in [0.05, 0.1) is 0 Å². The molecule has 1 spiro atoms. The number of aromatic nitrogens is 3. The van der Waals surface area contributed by atoms with E-state index >= 15 is 0 Å². The number of benzene rings is 1. The first kappa shape index (κ1) is 37.5. The van der Waals surface area contributed by atoms with Crippen molar-refractivity contribution in [3.8, 4) is 0 Å². The molecule has 1 saturated carbocycles. The molecule has 2 aromatic heterocycles. The minimum absolute atomic E-state index is 0.00676. The summed E-state index contributed by atoms with van der Waals surface area (Å²) in [6, 6.07) is 13.6. The molecule has 0 radical (unpaired) electrons. The van der Waals surface area contributed by atoms with Crippen molar-refractivity contribution in [3.63, 3.8) is 0 Å². The molecule has 3 aromatic rings. The van der Waals surface area contributed by atoms with Gasteiger partial charge >= 0.3 is 0 Å². The summed E-state index contributed by atoms with van der Waals surface area (Å²) in [4.78, 5) is 61.0. The third kappa shape index (κ3) is 10.4. The number of imide groups is 1. The summed E-state index contributed by atoms with van der Waals surface area (Å²) < 4.78 is 12.9. The maximum Gasteiger partial charge on any atom is 0.229 e.